The van der Waals surface area contributed by atoms with Crippen molar-refractivity contribution in [3.8, 4) is 0 Å². The summed E-state index contributed by atoms with van der Waals surface area (Å²) < 4.78 is 4.66. The number of amides is 1. The molecule has 1 rings (SSSR count). The van der Waals surface area contributed by atoms with E-state index in [9.17, 15) is 9.59 Å². The summed E-state index contributed by atoms with van der Waals surface area (Å²) in [7, 11) is 1.37. The van der Waals surface area contributed by atoms with Crippen molar-refractivity contribution in [1.82, 2.24) is 4.90 Å². The zero-order valence-electron chi connectivity index (χ0n) is 9.64. The fourth-order valence-corrected chi connectivity index (χ4v) is 2.31. The van der Waals surface area contributed by atoms with Gasteiger partial charge in [-0.05, 0) is 12.7 Å². The first-order valence-electron chi connectivity index (χ1n) is 5.21. The average molecular weight is 246 g/mol. The number of ether oxygens (including phenoxy) is 1. The molecule has 2 N–H and O–H groups in total. The molecule has 0 aromatic rings. The molecule has 1 aliphatic heterocycles. The molecule has 5 nitrogen and oxygen atoms in total. The monoisotopic (exact) mass is 246 g/mol. The van der Waals surface area contributed by atoms with Crippen LogP contribution in [0.2, 0.25) is 0 Å². The Morgan fingerprint density at radius 2 is 2.31 bits per heavy atom. The summed E-state index contributed by atoms with van der Waals surface area (Å²) in [4.78, 5) is 24.8. The minimum atomic E-state index is -0.466. The Kier molecular flexibility index (Phi) is 5.08. The molecule has 0 saturated carbocycles. The van der Waals surface area contributed by atoms with E-state index >= 15 is 0 Å². The van der Waals surface area contributed by atoms with Crippen molar-refractivity contribution in [2.45, 2.75) is 12.5 Å². The third-order valence-electron chi connectivity index (χ3n) is 2.70. The van der Waals surface area contributed by atoms with E-state index in [4.69, 9.17) is 5.73 Å². The second kappa shape index (κ2) is 6.10. The number of hydrogen-bond donors (Lipinski definition) is 1. The number of rotatable bonds is 4. The number of esters is 1. The normalized spacial score (nSPS) is 21.9. The molecule has 0 radical (unpaired) electrons. The third-order valence-corrected chi connectivity index (χ3v) is 3.39. The fourth-order valence-electron chi connectivity index (χ4n) is 1.80. The van der Waals surface area contributed by atoms with Gasteiger partial charge in [0.15, 0.2) is 0 Å². The molecule has 1 aliphatic rings. The molecule has 16 heavy (non-hydrogen) atoms. The Balaban J connectivity index is 2.46. The standard InChI is InChI=1S/C10H18N2O3S/c1-15-10(14)7-3-4-12(5-7)9(13)8(11)6-16-2/h7-8H,3-6,11H2,1-2H3. The van der Waals surface area contributed by atoms with Gasteiger partial charge < -0.3 is 15.4 Å². The summed E-state index contributed by atoms with van der Waals surface area (Å²) in [5.41, 5.74) is 5.73. The maximum absolute atomic E-state index is 11.8. The van der Waals surface area contributed by atoms with E-state index in [2.05, 4.69) is 4.74 Å². The maximum Gasteiger partial charge on any atom is 0.310 e. The number of hydrogen-bond acceptors (Lipinski definition) is 5. The van der Waals surface area contributed by atoms with Gasteiger partial charge >= 0.3 is 5.97 Å². The van der Waals surface area contributed by atoms with Gasteiger partial charge in [-0.25, -0.2) is 0 Å². The van der Waals surface area contributed by atoms with E-state index in [-0.39, 0.29) is 17.8 Å². The van der Waals surface area contributed by atoms with Crippen LogP contribution in [0.15, 0.2) is 0 Å². The fraction of sp³-hybridized carbons (Fsp3) is 0.800. The molecule has 0 bridgehead atoms. The summed E-state index contributed by atoms with van der Waals surface area (Å²) in [6, 6.07) is -0.466. The minimum absolute atomic E-state index is 0.0687. The highest BCUT2D eigenvalue weighted by molar-refractivity contribution is 7.98. The molecule has 2 atom stereocenters. The van der Waals surface area contributed by atoms with Crippen molar-refractivity contribution in [3.05, 3.63) is 0 Å². The summed E-state index contributed by atoms with van der Waals surface area (Å²) in [6.07, 6.45) is 2.58. The molecular weight excluding hydrogens is 228 g/mol. The smallest absolute Gasteiger partial charge is 0.310 e. The van der Waals surface area contributed by atoms with Gasteiger partial charge in [0.1, 0.15) is 0 Å². The van der Waals surface area contributed by atoms with Gasteiger partial charge in [0.2, 0.25) is 5.91 Å². The van der Waals surface area contributed by atoms with Gasteiger partial charge in [-0.15, -0.1) is 0 Å². The number of thioether (sulfide) groups is 1. The van der Waals surface area contributed by atoms with Crippen molar-refractivity contribution in [1.29, 1.82) is 0 Å². The molecule has 1 fully saturated rings. The van der Waals surface area contributed by atoms with Crippen molar-refractivity contribution in [2.24, 2.45) is 11.7 Å². The lowest BCUT2D eigenvalue weighted by Crippen LogP contribution is -2.44. The summed E-state index contributed by atoms with van der Waals surface area (Å²) in [5.74, 6) is 0.114. The predicted molar refractivity (Wildman–Crippen MR) is 63.1 cm³/mol. The van der Waals surface area contributed by atoms with Crippen molar-refractivity contribution < 1.29 is 14.3 Å². The lowest BCUT2D eigenvalue weighted by molar-refractivity contribution is -0.145. The second-order valence-corrected chi connectivity index (χ2v) is 4.77. The van der Waals surface area contributed by atoms with E-state index < -0.39 is 6.04 Å². The molecular formula is C10H18N2O3S. The van der Waals surface area contributed by atoms with Crippen LogP contribution in [0.4, 0.5) is 0 Å². The minimum Gasteiger partial charge on any atom is -0.469 e. The Bertz CT molecular complexity index is 273. The molecule has 0 aromatic heterocycles. The number of carbonyl (C=O) groups excluding carboxylic acids is 2. The van der Waals surface area contributed by atoms with Gasteiger partial charge in [0.25, 0.3) is 0 Å². The van der Waals surface area contributed by atoms with Crippen LogP contribution in [-0.4, -0.2) is 55.0 Å². The van der Waals surface area contributed by atoms with Crippen LogP contribution in [0.25, 0.3) is 0 Å². The number of methoxy groups -OCH3 is 1. The molecule has 6 heteroatoms. The highest BCUT2D eigenvalue weighted by Gasteiger charge is 2.33. The number of carbonyl (C=O) groups is 2. The predicted octanol–water partition coefficient (Wildman–Crippen LogP) is -0.302. The Hall–Kier alpha value is -0.750. The Labute approximate surface area is 99.7 Å². The highest BCUT2D eigenvalue weighted by atomic mass is 32.2. The van der Waals surface area contributed by atoms with Gasteiger partial charge in [-0.3, -0.25) is 9.59 Å². The van der Waals surface area contributed by atoms with Crippen molar-refractivity contribution >= 4 is 23.6 Å². The van der Waals surface area contributed by atoms with Crippen molar-refractivity contribution in [2.75, 3.05) is 32.2 Å². The van der Waals surface area contributed by atoms with Crippen LogP contribution in [0.3, 0.4) is 0 Å². The van der Waals surface area contributed by atoms with Gasteiger partial charge in [-0.1, -0.05) is 0 Å². The third kappa shape index (κ3) is 3.12. The first-order chi connectivity index (χ1) is 7.60. The molecule has 2 unspecified atom stereocenters. The van der Waals surface area contributed by atoms with Crippen LogP contribution in [0.5, 0.6) is 0 Å². The zero-order chi connectivity index (χ0) is 12.1. The average Bonchev–Trinajstić information content (AvgIpc) is 2.76. The zero-order valence-corrected chi connectivity index (χ0v) is 10.5. The lowest BCUT2D eigenvalue weighted by atomic mass is 10.1. The summed E-state index contributed by atoms with van der Waals surface area (Å²) >= 11 is 1.54. The number of nitrogens with two attached hydrogens (primary N) is 1. The van der Waals surface area contributed by atoms with Crippen LogP contribution >= 0.6 is 11.8 Å². The first kappa shape index (κ1) is 13.3. The summed E-state index contributed by atoms with van der Waals surface area (Å²) in [5, 5.41) is 0. The van der Waals surface area contributed by atoms with Gasteiger partial charge in [-0.2, -0.15) is 11.8 Å². The van der Waals surface area contributed by atoms with Gasteiger partial charge in [0.05, 0.1) is 19.1 Å². The van der Waals surface area contributed by atoms with Gasteiger partial charge in [0, 0.05) is 18.8 Å². The van der Waals surface area contributed by atoms with E-state index in [1.165, 1.54) is 7.11 Å². The van der Waals surface area contributed by atoms with Crippen LogP contribution < -0.4 is 5.73 Å². The van der Waals surface area contributed by atoms with Crippen molar-refractivity contribution in [3.63, 3.8) is 0 Å². The number of likely N-dealkylation sites (tertiary alicyclic amines) is 1. The second-order valence-electron chi connectivity index (χ2n) is 3.85. The SMILES string of the molecule is COC(=O)C1CCN(C(=O)C(N)CSC)C1. The maximum atomic E-state index is 11.8. The Morgan fingerprint density at radius 1 is 1.62 bits per heavy atom. The topological polar surface area (TPSA) is 72.6 Å². The first-order valence-corrected chi connectivity index (χ1v) is 6.60. The van der Waals surface area contributed by atoms with Crippen LogP contribution in [0.1, 0.15) is 6.42 Å². The molecule has 92 valence electrons. The summed E-state index contributed by atoms with van der Waals surface area (Å²) in [6.45, 7) is 1.04. The van der Waals surface area contributed by atoms with E-state index in [1.54, 1.807) is 16.7 Å². The molecule has 0 aliphatic carbocycles. The molecule has 1 heterocycles. The highest BCUT2D eigenvalue weighted by Crippen LogP contribution is 2.18. The molecule has 1 amide bonds. The van der Waals surface area contributed by atoms with E-state index in [0.717, 1.165) is 0 Å². The molecule has 0 spiro atoms. The van der Waals surface area contributed by atoms with E-state index in [0.29, 0.717) is 25.3 Å². The number of nitrogens with zero attached hydrogens (tertiary/aromatic N) is 1. The van der Waals surface area contributed by atoms with E-state index in [1.807, 2.05) is 6.26 Å². The van der Waals surface area contributed by atoms with Crippen LogP contribution in [0, 0.1) is 5.92 Å². The largest absolute Gasteiger partial charge is 0.469 e. The molecule has 0 aromatic carbocycles. The quantitative estimate of drug-likeness (QED) is 0.689. The lowest BCUT2D eigenvalue weighted by Gasteiger charge is -2.20. The Morgan fingerprint density at radius 3 is 2.88 bits per heavy atom. The molecule has 1 saturated heterocycles. The van der Waals surface area contributed by atoms with Crippen LogP contribution in [-0.2, 0) is 14.3 Å².